The van der Waals surface area contributed by atoms with Crippen molar-refractivity contribution in [2.45, 2.75) is 451 Å². The first-order valence-corrected chi connectivity index (χ1v) is 46.4. The van der Waals surface area contributed by atoms with E-state index < -0.39 is 97.5 Å². The Morgan fingerprint density at radius 1 is 0.298 bits per heavy atom. The highest BCUT2D eigenvalue weighted by Crippen LogP contribution is 2.45. The summed E-state index contributed by atoms with van der Waals surface area (Å²) in [6.07, 6.45) is 72.9. The maximum atomic E-state index is 13.1. The van der Waals surface area contributed by atoms with Crippen LogP contribution in [0.2, 0.25) is 0 Å². The molecule has 17 nitrogen and oxygen atoms in total. The molecule has 3 N–H and O–H groups in total. The van der Waals surface area contributed by atoms with Gasteiger partial charge in [-0.25, -0.2) is 9.13 Å². The Bertz CT molecular complexity index is 2070. The number of hydrogen-bond donors (Lipinski definition) is 3. The molecule has 0 aromatic carbocycles. The molecule has 0 rings (SSSR count). The van der Waals surface area contributed by atoms with Crippen molar-refractivity contribution in [2.24, 2.45) is 5.92 Å². The van der Waals surface area contributed by atoms with Crippen molar-refractivity contribution in [2.75, 3.05) is 39.6 Å². The van der Waals surface area contributed by atoms with Gasteiger partial charge in [0.25, 0.3) is 0 Å². The van der Waals surface area contributed by atoms with Gasteiger partial charge in [-0.05, 0) is 57.3 Å². The molecule has 0 aliphatic carbocycles. The molecule has 0 aromatic heterocycles. The van der Waals surface area contributed by atoms with Crippen LogP contribution in [-0.4, -0.2) is 96.7 Å². The summed E-state index contributed by atoms with van der Waals surface area (Å²) in [7, 11) is -9.94. The minimum atomic E-state index is -4.97. The second-order valence-corrected chi connectivity index (χ2v) is 33.3. The first-order chi connectivity index (χ1) is 50.5. The number of phosphoric acid groups is 2. The summed E-state index contributed by atoms with van der Waals surface area (Å²) < 4.78 is 68.8. The fourth-order valence-electron chi connectivity index (χ4n) is 12.8. The Labute approximate surface area is 637 Å². The molecule has 0 saturated carbocycles. The molecule has 0 aliphatic heterocycles. The smallest absolute Gasteiger partial charge is 0.462 e. The molecule has 2 unspecified atom stereocenters. The van der Waals surface area contributed by atoms with Crippen LogP contribution in [0.5, 0.6) is 0 Å². The highest BCUT2D eigenvalue weighted by Gasteiger charge is 2.30. The van der Waals surface area contributed by atoms with Crippen molar-refractivity contribution in [3.05, 3.63) is 24.3 Å². The van der Waals surface area contributed by atoms with Gasteiger partial charge in [-0.1, -0.05) is 380 Å². The van der Waals surface area contributed by atoms with Crippen molar-refractivity contribution in [1.29, 1.82) is 0 Å². The SMILES string of the molecule is CCCCCC/C=C\C=C/CCCCCCCC(=O)O[C@H](COC(=O)CCCCCCCCCCCCCC)COP(=O)(O)OC[C@H](O)COP(=O)(O)OC[C@@H](COC(=O)CCCCCCCCCCCCCCCCCC)OC(=O)CCCCCCCCCCCCCCCCCCCCC(C)C. The molecule has 5 atom stereocenters. The van der Waals surface area contributed by atoms with Crippen LogP contribution in [0, 0.1) is 5.92 Å². The van der Waals surface area contributed by atoms with Crippen molar-refractivity contribution >= 4 is 39.5 Å². The third kappa shape index (κ3) is 77.7. The number of carbonyl (C=O) groups excluding carboxylic acids is 4. The van der Waals surface area contributed by atoms with Crippen LogP contribution in [0.1, 0.15) is 433 Å². The Balaban J connectivity index is 5.27. The number of allylic oxidation sites excluding steroid dienone is 4. The van der Waals surface area contributed by atoms with E-state index in [1.165, 1.54) is 244 Å². The van der Waals surface area contributed by atoms with Crippen LogP contribution < -0.4 is 0 Å². The number of esters is 4. The van der Waals surface area contributed by atoms with Gasteiger partial charge in [0.05, 0.1) is 26.4 Å². The van der Waals surface area contributed by atoms with Crippen LogP contribution in [0.25, 0.3) is 0 Å². The lowest BCUT2D eigenvalue weighted by atomic mass is 10.0. The number of ether oxygens (including phenoxy) is 4. The molecule has 104 heavy (non-hydrogen) atoms. The zero-order valence-corrected chi connectivity index (χ0v) is 69.4. The number of phosphoric ester groups is 2. The van der Waals surface area contributed by atoms with Crippen LogP contribution in [-0.2, 0) is 65.4 Å². The lowest BCUT2D eigenvalue weighted by Gasteiger charge is -2.21. The van der Waals surface area contributed by atoms with Gasteiger partial charge >= 0.3 is 39.5 Å². The van der Waals surface area contributed by atoms with Crippen LogP contribution >= 0.6 is 15.6 Å². The van der Waals surface area contributed by atoms with Crippen LogP contribution in [0.15, 0.2) is 24.3 Å². The van der Waals surface area contributed by atoms with Crippen LogP contribution in [0.4, 0.5) is 0 Å². The molecular weight excluding hydrogens is 1350 g/mol. The zero-order chi connectivity index (χ0) is 76.2. The molecule has 0 aromatic rings. The largest absolute Gasteiger partial charge is 0.472 e. The summed E-state index contributed by atoms with van der Waals surface area (Å²) >= 11 is 0. The minimum absolute atomic E-state index is 0.0858. The molecule has 0 radical (unpaired) electrons. The van der Waals surface area contributed by atoms with Crippen molar-refractivity contribution in [3.8, 4) is 0 Å². The Kier molecular flexibility index (Phi) is 75.4. The topological polar surface area (TPSA) is 237 Å². The molecule has 0 saturated heterocycles. The number of rotatable bonds is 83. The third-order valence-corrected chi connectivity index (χ3v) is 21.3. The fourth-order valence-corrected chi connectivity index (χ4v) is 14.3. The average molecular weight is 1520 g/mol. The van der Waals surface area contributed by atoms with Gasteiger partial charge in [0.1, 0.15) is 19.3 Å². The summed E-state index contributed by atoms with van der Waals surface area (Å²) in [4.78, 5) is 73.2. The molecule has 19 heteroatoms. The Hall–Kier alpha value is -2.46. The average Bonchev–Trinajstić information content (AvgIpc) is 0.911. The van der Waals surface area contributed by atoms with Gasteiger partial charge in [-0.2, -0.15) is 0 Å². The zero-order valence-electron chi connectivity index (χ0n) is 67.7. The van der Waals surface area contributed by atoms with Gasteiger partial charge in [-0.3, -0.25) is 37.3 Å². The third-order valence-electron chi connectivity index (χ3n) is 19.4. The van der Waals surface area contributed by atoms with E-state index in [0.717, 1.165) is 109 Å². The maximum absolute atomic E-state index is 13.1. The standard InChI is InChI=1S/C85H162O17P2/c1-6-9-12-15-18-21-24-27-29-36-39-44-49-54-59-64-69-83(88)96-75-81(102-85(90)71-66-61-56-51-46-41-37-33-31-30-32-35-38-42-47-52-57-62-67-78(4)5)77-100-104(93,94)98-73-79(86)72-97-103(91,92)99-76-80(74-95-82(87)68-63-58-53-48-43-26-23-20-17-14-11-8-3)101-84(89)70-65-60-55-50-45-40-34-28-25-22-19-16-13-10-7-2/h22,25,28,34,78-81,86H,6-21,23-24,26-27,29-33,35-77H2,1-5H3,(H,91,92)(H,93,94)/b25-22-,34-28-/t79-,80+,81+/m0/s1. The number of aliphatic hydroxyl groups excluding tert-OH is 1. The lowest BCUT2D eigenvalue weighted by Crippen LogP contribution is -2.30. The highest BCUT2D eigenvalue weighted by molar-refractivity contribution is 7.47. The van der Waals surface area contributed by atoms with E-state index in [-0.39, 0.29) is 25.7 Å². The van der Waals surface area contributed by atoms with E-state index in [9.17, 15) is 43.2 Å². The van der Waals surface area contributed by atoms with Crippen molar-refractivity contribution < 1.29 is 80.2 Å². The second kappa shape index (κ2) is 77.3. The van der Waals surface area contributed by atoms with E-state index in [1.54, 1.807) is 0 Å². The number of carbonyl (C=O) groups is 4. The quantitative estimate of drug-likeness (QED) is 0.0169. The van der Waals surface area contributed by atoms with Gasteiger partial charge < -0.3 is 33.8 Å². The van der Waals surface area contributed by atoms with E-state index in [1.807, 2.05) is 0 Å². The minimum Gasteiger partial charge on any atom is -0.462 e. The van der Waals surface area contributed by atoms with Gasteiger partial charge in [0.2, 0.25) is 0 Å². The van der Waals surface area contributed by atoms with Gasteiger partial charge in [0, 0.05) is 25.7 Å². The summed E-state index contributed by atoms with van der Waals surface area (Å²) in [5, 5.41) is 10.7. The summed E-state index contributed by atoms with van der Waals surface area (Å²) in [5.74, 6) is -1.31. The first kappa shape index (κ1) is 102. The second-order valence-electron chi connectivity index (χ2n) is 30.4. The Morgan fingerprint density at radius 2 is 0.519 bits per heavy atom. The summed E-state index contributed by atoms with van der Waals surface area (Å²) in [6.45, 7) is 7.33. The molecule has 0 amide bonds. The molecule has 0 spiro atoms. The molecule has 0 bridgehead atoms. The predicted octanol–water partition coefficient (Wildman–Crippen LogP) is 25.5. The number of aliphatic hydroxyl groups is 1. The van der Waals surface area contributed by atoms with E-state index in [2.05, 4.69) is 58.9 Å². The monoisotopic (exact) mass is 1520 g/mol. The van der Waals surface area contributed by atoms with Crippen molar-refractivity contribution in [1.82, 2.24) is 0 Å². The molecule has 0 aliphatic rings. The lowest BCUT2D eigenvalue weighted by molar-refractivity contribution is -0.161. The van der Waals surface area contributed by atoms with Crippen molar-refractivity contribution in [3.63, 3.8) is 0 Å². The maximum Gasteiger partial charge on any atom is 0.472 e. The molecule has 614 valence electrons. The highest BCUT2D eigenvalue weighted by atomic mass is 31.2. The fraction of sp³-hybridized carbons (Fsp3) is 0.906. The number of hydrogen-bond acceptors (Lipinski definition) is 15. The number of unbranched alkanes of at least 4 members (excludes halogenated alkanes) is 52. The van der Waals surface area contributed by atoms with Gasteiger partial charge in [0.15, 0.2) is 12.2 Å². The molecule has 0 heterocycles. The molecule has 0 fully saturated rings. The van der Waals surface area contributed by atoms with E-state index in [4.69, 9.17) is 37.0 Å². The van der Waals surface area contributed by atoms with Crippen LogP contribution in [0.3, 0.4) is 0 Å². The van der Waals surface area contributed by atoms with E-state index in [0.29, 0.717) is 25.7 Å². The normalized spacial score (nSPS) is 13.9. The summed E-state index contributed by atoms with van der Waals surface area (Å²) in [6, 6.07) is 0. The Morgan fingerprint density at radius 3 is 0.788 bits per heavy atom. The van der Waals surface area contributed by atoms with E-state index >= 15 is 0 Å². The predicted molar refractivity (Wildman–Crippen MR) is 428 cm³/mol. The molecular formula is C85H162O17P2. The van der Waals surface area contributed by atoms with Gasteiger partial charge in [-0.15, -0.1) is 0 Å². The summed E-state index contributed by atoms with van der Waals surface area (Å²) in [5.41, 5.74) is 0. The first-order valence-electron chi connectivity index (χ1n) is 43.5.